The molecular weight excluding hydrogens is 286 g/mol. The summed E-state index contributed by atoms with van der Waals surface area (Å²) >= 11 is 6.03. The molecule has 0 fully saturated rings. The molecular formula is C11H10ClN5O3. The number of nitrogens with one attached hydrogen (secondary N) is 1. The normalized spacial score (nSPS) is 22.6. The summed E-state index contributed by atoms with van der Waals surface area (Å²) in [4.78, 5) is 14.2. The van der Waals surface area contributed by atoms with Gasteiger partial charge in [0.1, 0.15) is 6.08 Å². The number of halogens is 1. The van der Waals surface area contributed by atoms with Crippen LogP contribution in [0.3, 0.4) is 0 Å². The Bertz CT molecular complexity index is 628. The lowest BCUT2D eigenvalue weighted by atomic mass is 10.1. The standard InChI is InChI=1S/C11H10ClN5O3/c1-8-7-14-11(12,6-9(8)16(18)19)17(20)15-10-4-2-3-5-13-10/h2-7,14H,1H3. The summed E-state index contributed by atoms with van der Waals surface area (Å²) in [6, 6.07) is 4.82. The van der Waals surface area contributed by atoms with Gasteiger partial charge in [0.05, 0.1) is 4.92 Å². The quantitative estimate of drug-likeness (QED) is 0.230. The molecule has 1 aromatic rings. The third-order valence-electron chi connectivity index (χ3n) is 2.54. The maximum absolute atomic E-state index is 12.0. The minimum absolute atomic E-state index is 0.128. The summed E-state index contributed by atoms with van der Waals surface area (Å²) < 4.78 is 0. The maximum Gasteiger partial charge on any atom is 0.376 e. The number of nitro groups is 1. The zero-order valence-electron chi connectivity index (χ0n) is 10.4. The van der Waals surface area contributed by atoms with E-state index in [2.05, 4.69) is 15.4 Å². The molecule has 1 N–H and O–H groups in total. The number of pyridine rings is 1. The Labute approximate surface area is 118 Å². The number of aromatic nitrogens is 1. The molecule has 8 nitrogen and oxygen atoms in total. The molecule has 0 bridgehead atoms. The monoisotopic (exact) mass is 295 g/mol. The summed E-state index contributed by atoms with van der Waals surface area (Å²) in [6.45, 7) is 1.53. The first kappa shape index (κ1) is 13.9. The third kappa shape index (κ3) is 2.75. The van der Waals surface area contributed by atoms with Crippen molar-refractivity contribution in [2.75, 3.05) is 0 Å². The Balaban J connectivity index is 2.37. The second-order valence-electron chi connectivity index (χ2n) is 3.99. The van der Waals surface area contributed by atoms with Crippen molar-refractivity contribution in [2.45, 2.75) is 12.0 Å². The van der Waals surface area contributed by atoms with Gasteiger partial charge in [-0.3, -0.25) is 10.1 Å². The van der Waals surface area contributed by atoms with E-state index in [4.69, 9.17) is 11.6 Å². The first-order valence-corrected chi connectivity index (χ1v) is 5.91. The highest BCUT2D eigenvalue weighted by Crippen LogP contribution is 2.26. The first-order chi connectivity index (χ1) is 9.42. The molecule has 1 aliphatic heterocycles. The number of hydroxylamine groups is 1. The molecule has 1 unspecified atom stereocenters. The molecule has 0 saturated heterocycles. The van der Waals surface area contributed by atoms with Gasteiger partial charge in [-0.2, -0.15) is 0 Å². The lowest BCUT2D eigenvalue weighted by Crippen LogP contribution is -2.45. The van der Waals surface area contributed by atoms with Gasteiger partial charge in [-0.15, -0.1) is 0 Å². The lowest BCUT2D eigenvalue weighted by Gasteiger charge is -2.22. The topological polar surface area (TPSA) is 106 Å². The predicted molar refractivity (Wildman–Crippen MR) is 70.5 cm³/mol. The first-order valence-electron chi connectivity index (χ1n) is 5.53. The zero-order chi connectivity index (χ0) is 14.8. The van der Waals surface area contributed by atoms with Crippen molar-refractivity contribution in [1.82, 2.24) is 10.3 Å². The molecule has 0 amide bonds. The molecule has 0 spiro atoms. The lowest BCUT2D eigenvalue weighted by molar-refractivity contribution is -0.576. The van der Waals surface area contributed by atoms with Gasteiger partial charge in [0.2, 0.25) is 5.82 Å². The highest BCUT2D eigenvalue weighted by Gasteiger charge is 2.42. The number of hydrogen-bond donors (Lipinski definition) is 1. The molecule has 1 atom stereocenters. The van der Waals surface area contributed by atoms with Crippen LogP contribution < -0.4 is 5.32 Å². The summed E-state index contributed by atoms with van der Waals surface area (Å²) in [6.07, 6.45) is 3.76. The molecule has 0 saturated carbocycles. The van der Waals surface area contributed by atoms with Crippen LogP contribution in [-0.4, -0.2) is 19.9 Å². The number of hydrogen-bond acceptors (Lipinski definition) is 6. The Hall–Kier alpha value is -2.48. The van der Waals surface area contributed by atoms with Crippen LogP contribution in [0.2, 0.25) is 0 Å². The van der Waals surface area contributed by atoms with Gasteiger partial charge in [0, 0.05) is 23.1 Å². The van der Waals surface area contributed by atoms with E-state index in [-0.39, 0.29) is 16.4 Å². The van der Waals surface area contributed by atoms with E-state index in [0.29, 0.717) is 5.57 Å². The number of azo groups is 1. The minimum Gasteiger partial charge on any atom is -0.596 e. The molecule has 1 aromatic heterocycles. The Morgan fingerprint density at radius 1 is 1.45 bits per heavy atom. The molecule has 2 heterocycles. The number of dihydropyridines is 1. The van der Waals surface area contributed by atoms with Gasteiger partial charge in [-0.05, 0) is 35.5 Å². The van der Waals surface area contributed by atoms with Crippen LogP contribution in [0.25, 0.3) is 0 Å². The van der Waals surface area contributed by atoms with Crippen molar-refractivity contribution < 1.29 is 9.78 Å². The van der Waals surface area contributed by atoms with Crippen molar-refractivity contribution in [3.63, 3.8) is 0 Å². The second kappa shape index (κ2) is 5.25. The van der Waals surface area contributed by atoms with Crippen LogP contribution in [0.15, 0.2) is 53.1 Å². The molecule has 104 valence electrons. The highest BCUT2D eigenvalue weighted by atomic mass is 35.5. The highest BCUT2D eigenvalue weighted by molar-refractivity contribution is 6.23. The molecule has 20 heavy (non-hydrogen) atoms. The van der Waals surface area contributed by atoms with E-state index in [9.17, 15) is 15.3 Å². The Kier molecular flexibility index (Phi) is 3.66. The van der Waals surface area contributed by atoms with Gasteiger partial charge in [-0.1, -0.05) is 6.07 Å². The van der Waals surface area contributed by atoms with E-state index in [1.807, 2.05) is 0 Å². The number of alkyl halides is 1. The molecule has 0 radical (unpaired) electrons. The Morgan fingerprint density at radius 2 is 2.20 bits per heavy atom. The van der Waals surface area contributed by atoms with Crippen LogP contribution in [0.1, 0.15) is 6.92 Å². The zero-order valence-corrected chi connectivity index (χ0v) is 11.1. The van der Waals surface area contributed by atoms with Crippen LogP contribution >= 0.6 is 11.6 Å². The third-order valence-corrected chi connectivity index (χ3v) is 2.90. The fourth-order valence-corrected chi connectivity index (χ4v) is 1.70. The molecule has 2 rings (SSSR count). The largest absolute Gasteiger partial charge is 0.596 e. The van der Waals surface area contributed by atoms with Crippen LogP contribution in [0.4, 0.5) is 5.82 Å². The fraction of sp³-hybridized carbons (Fsp3) is 0.182. The summed E-state index contributed by atoms with van der Waals surface area (Å²) in [5.74, 6) is 0.145. The minimum atomic E-state index is -1.86. The van der Waals surface area contributed by atoms with Crippen molar-refractivity contribution in [3.05, 3.63) is 63.3 Å². The predicted octanol–water partition coefficient (Wildman–Crippen LogP) is 2.24. The van der Waals surface area contributed by atoms with Crippen molar-refractivity contribution in [3.8, 4) is 0 Å². The van der Waals surface area contributed by atoms with Crippen molar-refractivity contribution in [2.24, 2.45) is 5.11 Å². The van der Waals surface area contributed by atoms with E-state index in [1.165, 1.54) is 25.4 Å². The van der Waals surface area contributed by atoms with Gasteiger partial charge in [0.25, 0.3) is 5.70 Å². The van der Waals surface area contributed by atoms with Gasteiger partial charge in [0.15, 0.2) is 0 Å². The number of nitrogens with zero attached hydrogens (tertiary/aromatic N) is 4. The molecule has 0 aromatic carbocycles. The fourth-order valence-electron chi connectivity index (χ4n) is 1.51. The summed E-state index contributed by atoms with van der Waals surface area (Å²) in [7, 11) is 0. The van der Waals surface area contributed by atoms with Crippen LogP contribution in [0.5, 0.6) is 0 Å². The number of rotatable bonds is 3. The smallest absolute Gasteiger partial charge is 0.376 e. The van der Waals surface area contributed by atoms with Gasteiger partial charge in [-0.25, -0.2) is 4.98 Å². The summed E-state index contributed by atoms with van der Waals surface area (Å²) in [5.41, 5.74) is 0.105. The van der Waals surface area contributed by atoms with Crippen LogP contribution in [0, 0.1) is 15.3 Å². The molecule has 0 aliphatic carbocycles. The van der Waals surface area contributed by atoms with E-state index >= 15 is 0 Å². The summed E-state index contributed by atoms with van der Waals surface area (Å²) in [5, 5.41) is 27.2. The maximum atomic E-state index is 12.0. The number of allylic oxidation sites excluding steroid dienone is 1. The Morgan fingerprint density at radius 3 is 2.80 bits per heavy atom. The average Bonchev–Trinajstić information content (AvgIpc) is 2.42. The average molecular weight is 296 g/mol. The SMILES string of the molecule is CC1=CNC(Cl)([N+]([O-])=Nc2ccccn2)C=C1[N+](=O)[O-]. The van der Waals surface area contributed by atoms with E-state index < -0.39 is 10.0 Å². The van der Waals surface area contributed by atoms with Crippen LogP contribution in [-0.2, 0) is 0 Å². The van der Waals surface area contributed by atoms with Crippen molar-refractivity contribution in [1.29, 1.82) is 0 Å². The molecule has 1 aliphatic rings. The van der Waals surface area contributed by atoms with Gasteiger partial charge < -0.3 is 10.5 Å². The van der Waals surface area contributed by atoms with E-state index in [1.54, 1.807) is 12.1 Å². The van der Waals surface area contributed by atoms with Gasteiger partial charge >= 0.3 is 5.12 Å². The van der Waals surface area contributed by atoms with Crippen molar-refractivity contribution >= 4 is 17.4 Å². The molecule has 9 heteroatoms. The van der Waals surface area contributed by atoms with E-state index in [0.717, 1.165) is 6.08 Å². The second-order valence-corrected chi connectivity index (χ2v) is 4.57.